The fourth-order valence-electron chi connectivity index (χ4n) is 3.02. The SMILES string of the molecule is Cc1ccc(NC(N)=NCc2ccc(S(=O)(=O)N3CCCCC3)cc2)cc1.I. The van der Waals surface area contributed by atoms with Crippen LogP contribution in [0.25, 0.3) is 0 Å². The number of aliphatic imine (C=N–C) groups is 1. The fourth-order valence-corrected chi connectivity index (χ4v) is 4.54. The zero-order chi connectivity index (χ0) is 19.3. The predicted molar refractivity (Wildman–Crippen MR) is 125 cm³/mol. The first-order valence-corrected chi connectivity index (χ1v) is 10.6. The number of piperidine rings is 1. The summed E-state index contributed by atoms with van der Waals surface area (Å²) in [5.74, 6) is 0.323. The van der Waals surface area contributed by atoms with Crippen molar-refractivity contribution in [2.24, 2.45) is 10.7 Å². The van der Waals surface area contributed by atoms with Crippen molar-refractivity contribution in [2.75, 3.05) is 18.4 Å². The topological polar surface area (TPSA) is 87.8 Å². The maximum atomic E-state index is 12.7. The van der Waals surface area contributed by atoms with E-state index < -0.39 is 10.0 Å². The molecule has 2 aromatic carbocycles. The first kappa shape index (κ1) is 22.6. The quantitative estimate of drug-likeness (QED) is 0.362. The maximum Gasteiger partial charge on any atom is 0.243 e. The van der Waals surface area contributed by atoms with Crippen molar-refractivity contribution in [3.8, 4) is 0 Å². The Bertz CT molecular complexity index is 891. The van der Waals surface area contributed by atoms with Gasteiger partial charge in [-0.3, -0.25) is 0 Å². The van der Waals surface area contributed by atoms with Crippen molar-refractivity contribution in [1.29, 1.82) is 0 Å². The summed E-state index contributed by atoms with van der Waals surface area (Å²) in [6.07, 6.45) is 2.96. The molecule has 0 saturated carbocycles. The molecule has 1 aliphatic rings. The van der Waals surface area contributed by atoms with Crippen LogP contribution < -0.4 is 11.1 Å². The molecule has 1 aliphatic heterocycles. The minimum atomic E-state index is -3.39. The molecule has 0 spiro atoms. The molecular formula is C20H27IN4O2S. The number of nitrogens with zero attached hydrogens (tertiary/aromatic N) is 2. The lowest BCUT2D eigenvalue weighted by Gasteiger charge is -2.25. The van der Waals surface area contributed by atoms with Gasteiger partial charge >= 0.3 is 0 Å². The van der Waals surface area contributed by atoms with Crippen LogP contribution in [-0.2, 0) is 16.6 Å². The van der Waals surface area contributed by atoms with Crippen molar-refractivity contribution in [2.45, 2.75) is 37.6 Å². The van der Waals surface area contributed by atoms with E-state index in [0.717, 1.165) is 30.5 Å². The Kier molecular flexibility index (Phi) is 8.26. The lowest BCUT2D eigenvalue weighted by Crippen LogP contribution is -2.35. The standard InChI is InChI=1S/C20H26N4O2S.HI/c1-16-5-9-18(10-6-16)23-20(21)22-15-17-7-11-19(12-8-17)27(25,26)24-13-3-2-4-14-24;/h5-12H,2-4,13-15H2,1H3,(H3,21,22,23);1H. The summed E-state index contributed by atoms with van der Waals surface area (Å²) in [6.45, 7) is 3.62. The second-order valence-electron chi connectivity index (χ2n) is 6.80. The molecule has 1 saturated heterocycles. The van der Waals surface area contributed by atoms with Gasteiger partial charge in [0.05, 0.1) is 11.4 Å². The Labute approximate surface area is 184 Å². The van der Waals surface area contributed by atoms with Gasteiger partial charge in [-0.1, -0.05) is 36.2 Å². The third kappa shape index (κ3) is 5.92. The van der Waals surface area contributed by atoms with Gasteiger partial charge in [0.25, 0.3) is 0 Å². The number of hydrogen-bond acceptors (Lipinski definition) is 3. The molecule has 28 heavy (non-hydrogen) atoms. The Morgan fingerprint density at radius 2 is 1.64 bits per heavy atom. The number of guanidine groups is 1. The van der Waals surface area contributed by atoms with Gasteiger partial charge in [0.15, 0.2) is 5.96 Å². The Hall–Kier alpha value is -1.65. The van der Waals surface area contributed by atoms with Gasteiger partial charge in [0, 0.05) is 18.8 Å². The van der Waals surface area contributed by atoms with Crippen molar-refractivity contribution in [1.82, 2.24) is 4.31 Å². The zero-order valence-corrected chi connectivity index (χ0v) is 19.1. The van der Waals surface area contributed by atoms with Gasteiger partial charge in [-0.2, -0.15) is 4.31 Å². The monoisotopic (exact) mass is 514 g/mol. The van der Waals surface area contributed by atoms with Crippen LogP contribution in [0.1, 0.15) is 30.4 Å². The van der Waals surface area contributed by atoms with Gasteiger partial charge in [-0.15, -0.1) is 24.0 Å². The molecule has 1 heterocycles. The second-order valence-corrected chi connectivity index (χ2v) is 8.74. The molecule has 0 aromatic heterocycles. The summed E-state index contributed by atoms with van der Waals surface area (Å²) >= 11 is 0. The lowest BCUT2D eigenvalue weighted by molar-refractivity contribution is 0.346. The fraction of sp³-hybridized carbons (Fsp3) is 0.350. The van der Waals surface area contributed by atoms with E-state index in [1.807, 2.05) is 31.2 Å². The molecule has 6 nitrogen and oxygen atoms in total. The van der Waals surface area contributed by atoms with Crippen LogP contribution in [0.3, 0.4) is 0 Å². The number of aryl methyl sites for hydroxylation is 1. The average molecular weight is 514 g/mol. The van der Waals surface area contributed by atoms with Crippen molar-refractivity contribution >= 4 is 45.6 Å². The molecule has 8 heteroatoms. The Morgan fingerprint density at radius 3 is 2.25 bits per heavy atom. The highest BCUT2D eigenvalue weighted by atomic mass is 127. The molecule has 3 rings (SSSR count). The summed E-state index contributed by atoms with van der Waals surface area (Å²) in [4.78, 5) is 4.65. The molecular weight excluding hydrogens is 487 g/mol. The Morgan fingerprint density at radius 1 is 1.04 bits per heavy atom. The van der Waals surface area contributed by atoms with Crippen LogP contribution in [0.2, 0.25) is 0 Å². The maximum absolute atomic E-state index is 12.7. The highest BCUT2D eigenvalue weighted by Crippen LogP contribution is 2.21. The summed E-state index contributed by atoms with van der Waals surface area (Å²) < 4.78 is 26.9. The first-order chi connectivity index (χ1) is 12.9. The lowest BCUT2D eigenvalue weighted by atomic mass is 10.2. The molecule has 0 atom stereocenters. The molecule has 0 radical (unpaired) electrons. The van der Waals surface area contributed by atoms with Gasteiger partial charge in [0.1, 0.15) is 0 Å². The van der Waals surface area contributed by atoms with E-state index in [1.54, 1.807) is 28.6 Å². The third-order valence-corrected chi connectivity index (χ3v) is 6.54. The largest absolute Gasteiger partial charge is 0.370 e. The minimum Gasteiger partial charge on any atom is -0.370 e. The smallest absolute Gasteiger partial charge is 0.243 e. The number of nitrogens with two attached hydrogens (primary N) is 1. The number of benzene rings is 2. The number of halogens is 1. The van der Waals surface area contributed by atoms with Crippen molar-refractivity contribution < 1.29 is 8.42 Å². The molecule has 0 aliphatic carbocycles. The number of sulfonamides is 1. The average Bonchev–Trinajstić information content (AvgIpc) is 2.69. The predicted octanol–water partition coefficient (Wildman–Crippen LogP) is 3.71. The van der Waals surface area contributed by atoms with Crippen LogP contribution in [0.4, 0.5) is 5.69 Å². The summed E-state index contributed by atoms with van der Waals surface area (Å²) in [5.41, 5.74) is 8.88. The van der Waals surface area contributed by atoms with Crippen LogP contribution >= 0.6 is 24.0 Å². The van der Waals surface area contributed by atoms with Gasteiger partial charge in [-0.25, -0.2) is 13.4 Å². The number of hydrogen-bond donors (Lipinski definition) is 2. The molecule has 2 aromatic rings. The van der Waals surface area contributed by atoms with E-state index in [0.29, 0.717) is 30.5 Å². The van der Waals surface area contributed by atoms with Crippen LogP contribution in [-0.4, -0.2) is 31.8 Å². The molecule has 3 N–H and O–H groups in total. The van der Waals surface area contributed by atoms with E-state index in [-0.39, 0.29) is 24.0 Å². The number of anilines is 1. The van der Waals surface area contributed by atoms with Crippen LogP contribution in [0.5, 0.6) is 0 Å². The zero-order valence-electron chi connectivity index (χ0n) is 16.0. The van der Waals surface area contributed by atoms with Crippen molar-refractivity contribution in [3.63, 3.8) is 0 Å². The molecule has 0 amide bonds. The summed E-state index contributed by atoms with van der Waals surface area (Å²) in [5, 5.41) is 3.04. The van der Waals surface area contributed by atoms with Crippen LogP contribution in [0.15, 0.2) is 58.4 Å². The molecule has 0 bridgehead atoms. The van der Waals surface area contributed by atoms with Gasteiger partial charge in [0.2, 0.25) is 10.0 Å². The highest BCUT2D eigenvalue weighted by Gasteiger charge is 2.25. The van der Waals surface area contributed by atoms with E-state index in [1.165, 1.54) is 5.56 Å². The second kappa shape index (κ2) is 10.2. The van der Waals surface area contributed by atoms with E-state index in [9.17, 15) is 8.42 Å². The normalized spacial score (nSPS) is 15.7. The van der Waals surface area contributed by atoms with Crippen molar-refractivity contribution in [3.05, 3.63) is 59.7 Å². The van der Waals surface area contributed by atoms with E-state index in [4.69, 9.17) is 5.73 Å². The van der Waals surface area contributed by atoms with E-state index >= 15 is 0 Å². The molecule has 0 unspecified atom stereocenters. The first-order valence-electron chi connectivity index (χ1n) is 9.18. The number of nitrogens with one attached hydrogen (secondary N) is 1. The van der Waals surface area contributed by atoms with Gasteiger partial charge < -0.3 is 11.1 Å². The minimum absolute atomic E-state index is 0. The molecule has 1 fully saturated rings. The number of rotatable bonds is 5. The Balaban J connectivity index is 0.00000280. The van der Waals surface area contributed by atoms with E-state index in [2.05, 4.69) is 10.3 Å². The summed E-state index contributed by atoms with van der Waals surface area (Å²) in [6, 6.07) is 14.8. The summed E-state index contributed by atoms with van der Waals surface area (Å²) in [7, 11) is -3.39. The highest BCUT2D eigenvalue weighted by molar-refractivity contribution is 14.0. The van der Waals surface area contributed by atoms with Gasteiger partial charge in [-0.05, 0) is 49.6 Å². The van der Waals surface area contributed by atoms with Crippen LogP contribution in [0, 0.1) is 6.92 Å². The third-order valence-electron chi connectivity index (χ3n) is 4.63. The molecule has 152 valence electrons.